The van der Waals surface area contributed by atoms with Gasteiger partial charge in [-0.05, 0) is 7.05 Å². The topological polar surface area (TPSA) is 136 Å². The maximum absolute atomic E-state index is 10.6. The van der Waals surface area contributed by atoms with Gasteiger partial charge in [0, 0.05) is 31.3 Å². The number of hydrogen-bond acceptors (Lipinski definition) is 7. The van der Waals surface area contributed by atoms with Gasteiger partial charge in [-0.2, -0.15) is 0 Å². The van der Waals surface area contributed by atoms with Crippen LogP contribution in [0.4, 0.5) is 0 Å². The fourth-order valence-electron chi connectivity index (χ4n) is 0.820. The molecule has 2 heterocycles. The first-order chi connectivity index (χ1) is 8.90. The van der Waals surface area contributed by atoms with Crippen molar-refractivity contribution in [2.75, 3.05) is 7.05 Å². The molecule has 0 saturated carbocycles. The summed E-state index contributed by atoms with van der Waals surface area (Å²) >= 11 is 0. The van der Waals surface area contributed by atoms with Gasteiger partial charge in [0.1, 0.15) is 0 Å². The molecule has 19 heavy (non-hydrogen) atoms. The molecule has 0 spiro atoms. The van der Waals surface area contributed by atoms with E-state index in [4.69, 9.17) is 0 Å². The second kappa shape index (κ2) is 8.55. The van der Waals surface area contributed by atoms with Crippen molar-refractivity contribution < 1.29 is 14.3 Å². The molecule has 1 aliphatic rings. The van der Waals surface area contributed by atoms with Crippen molar-refractivity contribution in [1.29, 1.82) is 0 Å². The molecule has 0 unspecified atom stereocenters. The number of cyclic esters (lactones) is 2. The zero-order valence-electron chi connectivity index (χ0n) is 10.4. The number of aromatic nitrogens is 2. The number of H-pyrrole nitrogens is 1. The molecule has 1 aromatic rings. The highest BCUT2D eigenvalue weighted by atomic mass is 16.6. The summed E-state index contributed by atoms with van der Waals surface area (Å²) in [5.74, 6) is 3.44. The van der Waals surface area contributed by atoms with E-state index in [-0.39, 0.29) is 11.1 Å². The van der Waals surface area contributed by atoms with Crippen LogP contribution in [0.15, 0.2) is 33.9 Å². The van der Waals surface area contributed by atoms with Gasteiger partial charge < -0.3 is 4.74 Å². The second-order valence-corrected chi connectivity index (χ2v) is 3.07. The molecule has 0 atom stereocenters. The first-order valence-corrected chi connectivity index (χ1v) is 4.98. The SMILES string of the molecule is CNN.Cn1[nH]c(=O)ccc1=O.O=C1C=CC(=O)O1. The van der Waals surface area contributed by atoms with Gasteiger partial charge in [0.25, 0.3) is 11.1 Å². The number of aryl methyl sites for hydroxylation is 1. The van der Waals surface area contributed by atoms with Gasteiger partial charge in [-0.1, -0.05) is 0 Å². The Bertz CT molecular complexity index is 556. The average Bonchev–Trinajstić information content (AvgIpc) is 2.70. The van der Waals surface area contributed by atoms with Gasteiger partial charge in [0.05, 0.1) is 0 Å². The third-order valence-electron chi connectivity index (χ3n) is 1.54. The molecule has 9 heteroatoms. The molecule has 2 rings (SSSR count). The molecule has 0 amide bonds. The molecule has 1 aliphatic heterocycles. The highest BCUT2D eigenvalue weighted by Gasteiger charge is 2.10. The lowest BCUT2D eigenvalue weighted by Gasteiger charge is -1.90. The van der Waals surface area contributed by atoms with Crippen molar-refractivity contribution in [3.63, 3.8) is 0 Å². The van der Waals surface area contributed by atoms with Crippen molar-refractivity contribution in [3.05, 3.63) is 45.0 Å². The zero-order valence-corrected chi connectivity index (χ0v) is 10.4. The van der Waals surface area contributed by atoms with Crippen LogP contribution in [0.1, 0.15) is 0 Å². The summed E-state index contributed by atoms with van der Waals surface area (Å²) in [5.41, 5.74) is 1.77. The molecule has 104 valence electrons. The number of hydrogen-bond donors (Lipinski definition) is 3. The standard InChI is InChI=1S/C5H6N2O2.C4H2O3.CH6N2/c1-7-5(9)3-2-4(8)6-7;5-3-1-2-4(6)7-3;1-3-2/h2-3H,1H3,(H,6,8);1-2H;3H,2H2,1H3. The van der Waals surface area contributed by atoms with Gasteiger partial charge in [0.2, 0.25) is 0 Å². The number of nitrogens with one attached hydrogen (secondary N) is 2. The van der Waals surface area contributed by atoms with Crippen LogP contribution in [0.3, 0.4) is 0 Å². The van der Waals surface area contributed by atoms with Gasteiger partial charge in [0.15, 0.2) is 0 Å². The van der Waals surface area contributed by atoms with Crippen molar-refractivity contribution in [3.8, 4) is 0 Å². The number of nitrogens with zero attached hydrogens (tertiary/aromatic N) is 1. The molecule has 4 N–H and O–H groups in total. The van der Waals surface area contributed by atoms with Crippen LogP contribution in [0, 0.1) is 0 Å². The number of aromatic amines is 1. The van der Waals surface area contributed by atoms with Crippen LogP contribution in [-0.2, 0) is 21.4 Å². The van der Waals surface area contributed by atoms with Crippen LogP contribution >= 0.6 is 0 Å². The van der Waals surface area contributed by atoms with E-state index in [9.17, 15) is 19.2 Å². The van der Waals surface area contributed by atoms with E-state index in [1.807, 2.05) is 0 Å². The minimum absolute atomic E-state index is 0.213. The normalized spacial score (nSPS) is 11.9. The molecule has 9 nitrogen and oxygen atoms in total. The Morgan fingerprint density at radius 2 is 1.63 bits per heavy atom. The molecular weight excluding hydrogens is 256 g/mol. The van der Waals surface area contributed by atoms with Crippen LogP contribution < -0.4 is 22.4 Å². The third kappa shape index (κ3) is 7.41. The monoisotopic (exact) mass is 270 g/mol. The van der Waals surface area contributed by atoms with Gasteiger partial charge in [-0.3, -0.25) is 30.6 Å². The van der Waals surface area contributed by atoms with E-state index in [0.29, 0.717) is 0 Å². The van der Waals surface area contributed by atoms with E-state index < -0.39 is 11.9 Å². The average molecular weight is 270 g/mol. The lowest BCUT2D eigenvalue weighted by atomic mass is 10.6. The molecule has 0 saturated heterocycles. The Morgan fingerprint density at radius 3 is 1.89 bits per heavy atom. The maximum atomic E-state index is 10.6. The maximum Gasteiger partial charge on any atom is 0.338 e. The van der Waals surface area contributed by atoms with Gasteiger partial charge in [-0.25, -0.2) is 9.59 Å². The van der Waals surface area contributed by atoms with Crippen molar-refractivity contribution >= 4 is 11.9 Å². The van der Waals surface area contributed by atoms with Crippen molar-refractivity contribution in [1.82, 2.24) is 15.2 Å². The first kappa shape index (κ1) is 16.5. The summed E-state index contributed by atoms with van der Waals surface area (Å²) < 4.78 is 5.10. The van der Waals surface area contributed by atoms with E-state index in [1.165, 1.54) is 19.2 Å². The number of hydrazine groups is 1. The summed E-state index contributed by atoms with van der Waals surface area (Å²) in [4.78, 5) is 40.8. The molecule has 0 aliphatic carbocycles. The number of ether oxygens (including phenoxy) is 1. The van der Waals surface area contributed by atoms with E-state index in [1.54, 1.807) is 7.05 Å². The zero-order chi connectivity index (χ0) is 14.8. The van der Waals surface area contributed by atoms with Crippen molar-refractivity contribution in [2.24, 2.45) is 12.9 Å². The molecular formula is C10H14N4O5. The van der Waals surface area contributed by atoms with Crippen LogP contribution in [0.2, 0.25) is 0 Å². The van der Waals surface area contributed by atoms with Crippen LogP contribution in [0.5, 0.6) is 0 Å². The smallest absolute Gasteiger partial charge is 0.338 e. The largest absolute Gasteiger partial charge is 0.387 e. The predicted molar refractivity (Wildman–Crippen MR) is 65.8 cm³/mol. The summed E-state index contributed by atoms with van der Waals surface area (Å²) in [6.07, 6.45) is 2.17. The lowest BCUT2D eigenvalue weighted by molar-refractivity contribution is -0.150. The summed E-state index contributed by atoms with van der Waals surface area (Å²) in [7, 11) is 3.14. The first-order valence-electron chi connectivity index (χ1n) is 4.98. The Kier molecular flexibility index (Phi) is 7.42. The Morgan fingerprint density at radius 1 is 1.16 bits per heavy atom. The Hall–Kier alpha value is -2.52. The Labute approximate surface area is 107 Å². The Balaban J connectivity index is 0.000000289. The van der Waals surface area contributed by atoms with E-state index in [2.05, 4.69) is 21.1 Å². The van der Waals surface area contributed by atoms with Crippen LogP contribution in [0.25, 0.3) is 0 Å². The lowest BCUT2D eigenvalue weighted by Crippen LogP contribution is -2.24. The molecule has 0 radical (unpaired) electrons. The number of nitrogens with two attached hydrogens (primary N) is 1. The summed E-state index contributed by atoms with van der Waals surface area (Å²) in [6, 6.07) is 2.42. The summed E-state index contributed by atoms with van der Waals surface area (Å²) in [6.45, 7) is 0. The third-order valence-corrected chi connectivity index (χ3v) is 1.54. The minimum Gasteiger partial charge on any atom is -0.387 e. The number of carbonyl (C=O) groups excluding carboxylic acids is 2. The molecule has 0 fully saturated rings. The number of carbonyl (C=O) groups is 2. The minimum atomic E-state index is -0.579. The molecule has 1 aromatic heterocycles. The number of esters is 2. The van der Waals surface area contributed by atoms with Crippen molar-refractivity contribution in [2.45, 2.75) is 0 Å². The van der Waals surface area contributed by atoms with Gasteiger partial charge >= 0.3 is 11.9 Å². The second-order valence-electron chi connectivity index (χ2n) is 3.07. The highest BCUT2D eigenvalue weighted by molar-refractivity contribution is 6.04. The van der Waals surface area contributed by atoms with E-state index in [0.717, 1.165) is 16.8 Å². The molecule has 0 aromatic carbocycles. The summed E-state index contributed by atoms with van der Waals surface area (Å²) in [5, 5.41) is 2.29. The van der Waals surface area contributed by atoms with Gasteiger partial charge in [-0.15, -0.1) is 0 Å². The fourth-order valence-corrected chi connectivity index (χ4v) is 0.820. The highest BCUT2D eigenvalue weighted by Crippen LogP contribution is 1.92. The molecule has 0 bridgehead atoms. The quantitative estimate of drug-likeness (QED) is 0.210. The number of rotatable bonds is 0. The fraction of sp³-hybridized carbons (Fsp3) is 0.200. The van der Waals surface area contributed by atoms with E-state index >= 15 is 0 Å². The predicted octanol–water partition coefficient (Wildman–Crippen LogP) is -2.22. The van der Waals surface area contributed by atoms with Crippen LogP contribution in [-0.4, -0.2) is 28.8 Å².